The second-order valence-corrected chi connectivity index (χ2v) is 6.54. The van der Waals surface area contributed by atoms with E-state index in [1.807, 2.05) is 28.6 Å². The van der Waals surface area contributed by atoms with E-state index in [1.54, 1.807) is 30.3 Å². The van der Waals surface area contributed by atoms with Gasteiger partial charge in [-0.3, -0.25) is 0 Å². The number of hydrogen-bond donors (Lipinski definition) is 2. The van der Waals surface area contributed by atoms with Crippen LogP contribution in [0.15, 0.2) is 52.8 Å². The summed E-state index contributed by atoms with van der Waals surface area (Å²) in [5, 5.41) is 11.7. The third-order valence-corrected chi connectivity index (χ3v) is 4.70. The Kier molecular flexibility index (Phi) is 7.21. The molecular formula is C14H19ClN4O3S. The molecule has 1 heterocycles. The molecule has 0 spiro atoms. The van der Waals surface area contributed by atoms with E-state index in [9.17, 15) is 8.42 Å². The second-order valence-electron chi connectivity index (χ2n) is 4.77. The van der Waals surface area contributed by atoms with Gasteiger partial charge in [0.2, 0.25) is 10.0 Å². The highest BCUT2D eigenvalue weighted by Crippen LogP contribution is 2.06. The first-order chi connectivity index (χ1) is 10.5. The monoisotopic (exact) mass is 358 g/mol. The van der Waals surface area contributed by atoms with Gasteiger partial charge in [-0.1, -0.05) is 23.4 Å². The molecule has 0 aliphatic carbocycles. The molecule has 1 aromatic carbocycles. The van der Waals surface area contributed by atoms with Gasteiger partial charge in [-0.15, -0.1) is 0 Å². The summed E-state index contributed by atoms with van der Waals surface area (Å²) in [7, 11) is -1.62. The average molecular weight is 359 g/mol. The number of rotatable bonds is 7. The first kappa shape index (κ1) is 19.1. The Hall–Kier alpha value is -1.90. The van der Waals surface area contributed by atoms with Gasteiger partial charge in [-0.2, -0.15) is 0 Å². The Morgan fingerprint density at radius 3 is 2.70 bits per heavy atom. The third kappa shape index (κ3) is 5.05. The fourth-order valence-corrected chi connectivity index (χ4v) is 3.18. The molecule has 0 saturated carbocycles. The van der Waals surface area contributed by atoms with Gasteiger partial charge in [0.15, 0.2) is 6.21 Å². The van der Waals surface area contributed by atoms with Crippen LogP contribution in [-0.2, 0) is 23.6 Å². The van der Waals surface area contributed by atoms with Crippen molar-refractivity contribution < 1.29 is 30.6 Å². The van der Waals surface area contributed by atoms with Crippen molar-refractivity contribution >= 4 is 16.2 Å². The fraction of sp³-hybridized carbons (Fsp3) is 0.286. The summed E-state index contributed by atoms with van der Waals surface area (Å²) >= 11 is 0. The zero-order valence-corrected chi connectivity index (χ0v) is 14.2. The van der Waals surface area contributed by atoms with Crippen LogP contribution in [0.4, 0.5) is 0 Å². The van der Waals surface area contributed by atoms with Crippen LogP contribution in [-0.4, -0.2) is 31.0 Å². The van der Waals surface area contributed by atoms with Crippen molar-refractivity contribution in [3.8, 4) is 0 Å². The molecule has 126 valence electrons. The molecule has 0 radical (unpaired) electrons. The zero-order valence-electron chi connectivity index (χ0n) is 12.6. The van der Waals surface area contributed by atoms with Gasteiger partial charge in [-0.05, 0) is 18.6 Å². The van der Waals surface area contributed by atoms with E-state index in [2.05, 4.69) is 9.88 Å². The van der Waals surface area contributed by atoms with Crippen LogP contribution in [0.3, 0.4) is 0 Å². The molecule has 9 heteroatoms. The van der Waals surface area contributed by atoms with E-state index in [-0.39, 0.29) is 17.3 Å². The minimum Gasteiger partial charge on any atom is -1.00 e. The van der Waals surface area contributed by atoms with Gasteiger partial charge in [0, 0.05) is 6.54 Å². The van der Waals surface area contributed by atoms with Gasteiger partial charge >= 0.3 is 5.82 Å². The number of aryl methyl sites for hydroxylation is 2. The SMILES string of the molecule is C[n+]1ccn(CCCNS(=O)(=O)c2ccccc2)c1/C=N/O.[Cl-]. The number of nitrogens with zero attached hydrogens (tertiary/aromatic N) is 3. The van der Waals surface area contributed by atoms with Crippen molar-refractivity contribution in [3.05, 3.63) is 48.5 Å². The summed E-state index contributed by atoms with van der Waals surface area (Å²) in [4.78, 5) is 0.260. The Morgan fingerprint density at radius 2 is 2.04 bits per heavy atom. The first-order valence-corrected chi connectivity index (χ1v) is 8.30. The third-order valence-electron chi connectivity index (χ3n) is 3.22. The Labute approximate surface area is 141 Å². The maximum absolute atomic E-state index is 12.0. The predicted molar refractivity (Wildman–Crippen MR) is 81.2 cm³/mol. The van der Waals surface area contributed by atoms with Crippen molar-refractivity contribution in [3.63, 3.8) is 0 Å². The lowest BCUT2D eigenvalue weighted by Gasteiger charge is -2.06. The molecule has 2 rings (SSSR count). The number of imidazole rings is 1. The number of oxime groups is 1. The fourth-order valence-electron chi connectivity index (χ4n) is 2.08. The molecule has 0 aliphatic rings. The molecule has 0 aliphatic heterocycles. The summed E-state index contributed by atoms with van der Waals surface area (Å²) in [6.45, 7) is 0.939. The highest BCUT2D eigenvalue weighted by Gasteiger charge is 2.14. The maximum atomic E-state index is 12.0. The largest absolute Gasteiger partial charge is 1.00 e. The number of halogens is 1. The summed E-state index contributed by atoms with van der Waals surface area (Å²) < 4.78 is 30.4. The Bertz CT molecular complexity index is 745. The van der Waals surface area contributed by atoms with Crippen LogP contribution in [0.5, 0.6) is 0 Å². The summed E-state index contributed by atoms with van der Waals surface area (Å²) in [6.07, 6.45) is 5.65. The molecular weight excluding hydrogens is 340 g/mol. The lowest BCUT2D eigenvalue weighted by molar-refractivity contribution is -0.671. The number of nitrogens with one attached hydrogen (secondary N) is 1. The highest BCUT2D eigenvalue weighted by atomic mass is 35.5. The van der Waals surface area contributed by atoms with Crippen LogP contribution < -0.4 is 21.7 Å². The van der Waals surface area contributed by atoms with Crippen molar-refractivity contribution in [2.24, 2.45) is 12.2 Å². The van der Waals surface area contributed by atoms with E-state index in [0.717, 1.165) is 5.82 Å². The number of sulfonamides is 1. The number of benzene rings is 1. The lowest BCUT2D eigenvalue weighted by atomic mass is 10.4. The number of hydrogen-bond acceptors (Lipinski definition) is 4. The minimum absolute atomic E-state index is 0. The molecule has 0 atom stereocenters. The lowest BCUT2D eigenvalue weighted by Crippen LogP contribution is -3.00. The predicted octanol–water partition coefficient (Wildman–Crippen LogP) is -2.51. The average Bonchev–Trinajstić information content (AvgIpc) is 2.86. The van der Waals surface area contributed by atoms with Gasteiger partial charge in [-0.25, -0.2) is 22.3 Å². The molecule has 0 fully saturated rings. The molecule has 0 saturated heterocycles. The zero-order chi connectivity index (χ0) is 16.0. The van der Waals surface area contributed by atoms with Gasteiger partial charge < -0.3 is 17.6 Å². The van der Waals surface area contributed by atoms with Crippen molar-refractivity contribution in [1.29, 1.82) is 0 Å². The molecule has 7 nitrogen and oxygen atoms in total. The minimum atomic E-state index is -3.46. The van der Waals surface area contributed by atoms with E-state index in [1.165, 1.54) is 6.21 Å². The van der Waals surface area contributed by atoms with E-state index in [4.69, 9.17) is 5.21 Å². The molecule has 0 amide bonds. The summed E-state index contributed by atoms with van der Waals surface area (Å²) in [5.74, 6) is 0.730. The van der Waals surface area contributed by atoms with Crippen LogP contribution in [0, 0.1) is 0 Å². The van der Waals surface area contributed by atoms with E-state index in [0.29, 0.717) is 19.5 Å². The van der Waals surface area contributed by atoms with Gasteiger partial charge in [0.25, 0.3) is 0 Å². The molecule has 0 unspecified atom stereocenters. The van der Waals surface area contributed by atoms with Crippen LogP contribution in [0.2, 0.25) is 0 Å². The molecule has 2 aromatic rings. The maximum Gasteiger partial charge on any atom is 0.303 e. The van der Waals surface area contributed by atoms with Gasteiger partial charge in [0.05, 0.1) is 18.5 Å². The van der Waals surface area contributed by atoms with Crippen molar-refractivity contribution in [2.75, 3.05) is 6.54 Å². The van der Waals surface area contributed by atoms with Crippen LogP contribution in [0.25, 0.3) is 0 Å². The smallest absolute Gasteiger partial charge is 0.303 e. The van der Waals surface area contributed by atoms with Crippen molar-refractivity contribution in [2.45, 2.75) is 17.9 Å². The van der Waals surface area contributed by atoms with Crippen molar-refractivity contribution in [1.82, 2.24) is 9.29 Å². The first-order valence-electron chi connectivity index (χ1n) is 6.81. The Balaban J connectivity index is 0.00000264. The van der Waals surface area contributed by atoms with Gasteiger partial charge in [0.1, 0.15) is 12.4 Å². The number of aromatic nitrogens is 2. The normalized spacial score (nSPS) is 11.5. The standard InChI is InChI=1S/C14H18N4O3S.ClH/c1-17-10-11-18(14(17)12-15-19)9-5-8-16-22(20,21)13-6-3-2-4-7-13;/h2-4,6-7,10-12,16H,5,8-9H2,1H3;1H. The highest BCUT2D eigenvalue weighted by molar-refractivity contribution is 7.89. The summed E-state index contributed by atoms with van der Waals surface area (Å²) in [6, 6.07) is 8.27. The summed E-state index contributed by atoms with van der Waals surface area (Å²) in [5.41, 5.74) is 0. The Morgan fingerprint density at radius 1 is 1.35 bits per heavy atom. The molecule has 2 N–H and O–H groups in total. The quantitative estimate of drug-likeness (QED) is 0.188. The molecule has 23 heavy (non-hydrogen) atoms. The second kappa shape index (κ2) is 8.66. The van der Waals surface area contributed by atoms with E-state index >= 15 is 0 Å². The molecule has 1 aromatic heterocycles. The van der Waals surface area contributed by atoms with Crippen LogP contribution in [0.1, 0.15) is 12.2 Å². The van der Waals surface area contributed by atoms with Crippen LogP contribution >= 0.6 is 0 Å². The van der Waals surface area contributed by atoms with E-state index < -0.39 is 10.0 Å². The topological polar surface area (TPSA) is 87.6 Å². The molecule has 0 bridgehead atoms.